The Labute approximate surface area is 130 Å². The van der Waals surface area contributed by atoms with E-state index in [1.165, 1.54) is 4.90 Å². The fourth-order valence-corrected chi connectivity index (χ4v) is 2.48. The largest absolute Gasteiger partial charge is 0.411 e. The first-order valence-electron chi connectivity index (χ1n) is 6.83. The Hall–Kier alpha value is -2.00. The van der Waals surface area contributed by atoms with Gasteiger partial charge >= 0.3 is 0 Å². The number of allylic oxidation sites excluding steroid dienone is 1. The van der Waals surface area contributed by atoms with Crippen LogP contribution in [0, 0.1) is 0 Å². The Bertz CT molecular complexity index is 617. The third-order valence-corrected chi connectivity index (χ3v) is 4.16. The Morgan fingerprint density at radius 2 is 1.76 bits per heavy atom. The van der Waals surface area contributed by atoms with E-state index >= 15 is 0 Å². The zero-order valence-electron chi connectivity index (χ0n) is 12.2. The topological polar surface area (TPSA) is 32.6 Å². The van der Waals surface area contributed by atoms with Gasteiger partial charge in [0.25, 0.3) is 0 Å². The SMILES string of the molecule is CSc1ccc(C(C)C(/C=C/c2ccccc2)=N/O)cc1. The quantitative estimate of drug-likeness (QED) is 0.362. The van der Waals surface area contributed by atoms with Crippen molar-refractivity contribution in [3.8, 4) is 0 Å². The summed E-state index contributed by atoms with van der Waals surface area (Å²) in [6, 6.07) is 18.3. The lowest BCUT2D eigenvalue weighted by molar-refractivity contribution is 0.317. The summed E-state index contributed by atoms with van der Waals surface area (Å²) in [6.45, 7) is 2.04. The molecule has 0 saturated heterocycles. The van der Waals surface area contributed by atoms with E-state index in [2.05, 4.69) is 35.7 Å². The second kappa shape index (κ2) is 7.70. The molecular formula is C18H19NOS. The van der Waals surface area contributed by atoms with E-state index < -0.39 is 0 Å². The van der Waals surface area contributed by atoms with Gasteiger partial charge in [-0.1, -0.05) is 60.6 Å². The number of oxime groups is 1. The van der Waals surface area contributed by atoms with Gasteiger partial charge in [-0.25, -0.2) is 0 Å². The summed E-state index contributed by atoms with van der Waals surface area (Å²) in [5.41, 5.74) is 2.87. The van der Waals surface area contributed by atoms with Gasteiger partial charge in [-0.15, -0.1) is 11.8 Å². The fourth-order valence-electron chi connectivity index (χ4n) is 2.07. The van der Waals surface area contributed by atoms with Crippen LogP contribution in [-0.4, -0.2) is 17.2 Å². The molecule has 0 saturated carbocycles. The van der Waals surface area contributed by atoms with Crippen LogP contribution in [0.2, 0.25) is 0 Å². The van der Waals surface area contributed by atoms with Crippen molar-refractivity contribution in [2.75, 3.05) is 6.26 Å². The molecule has 0 aromatic heterocycles. The van der Waals surface area contributed by atoms with Crippen molar-refractivity contribution in [1.29, 1.82) is 0 Å². The predicted molar refractivity (Wildman–Crippen MR) is 91.3 cm³/mol. The maximum absolute atomic E-state index is 9.27. The second-order valence-electron chi connectivity index (χ2n) is 4.76. The van der Waals surface area contributed by atoms with Crippen LogP contribution in [0.5, 0.6) is 0 Å². The van der Waals surface area contributed by atoms with Crippen LogP contribution in [0.1, 0.15) is 24.0 Å². The Morgan fingerprint density at radius 3 is 2.33 bits per heavy atom. The first-order valence-corrected chi connectivity index (χ1v) is 8.06. The first kappa shape index (κ1) is 15.4. The minimum atomic E-state index is 0.0471. The molecule has 0 bridgehead atoms. The highest BCUT2D eigenvalue weighted by Crippen LogP contribution is 2.22. The summed E-state index contributed by atoms with van der Waals surface area (Å²) in [6.07, 6.45) is 5.88. The summed E-state index contributed by atoms with van der Waals surface area (Å²) < 4.78 is 0. The van der Waals surface area contributed by atoms with E-state index in [0.29, 0.717) is 5.71 Å². The average molecular weight is 297 g/mol. The van der Waals surface area contributed by atoms with Crippen LogP contribution in [0.4, 0.5) is 0 Å². The highest BCUT2D eigenvalue weighted by molar-refractivity contribution is 7.98. The van der Waals surface area contributed by atoms with Crippen LogP contribution in [0.25, 0.3) is 6.08 Å². The van der Waals surface area contributed by atoms with Crippen molar-refractivity contribution in [2.45, 2.75) is 17.7 Å². The second-order valence-corrected chi connectivity index (χ2v) is 5.64. The smallest absolute Gasteiger partial charge is 0.0867 e. The third-order valence-electron chi connectivity index (χ3n) is 3.42. The molecule has 0 fully saturated rings. The van der Waals surface area contributed by atoms with Crippen molar-refractivity contribution in [3.05, 3.63) is 71.8 Å². The normalized spacial score (nSPS) is 13.5. The maximum atomic E-state index is 9.27. The summed E-state index contributed by atoms with van der Waals surface area (Å²) in [7, 11) is 0. The lowest BCUT2D eigenvalue weighted by Gasteiger charge is -2.11. The van der Waals surface area contributed by atoms with Crippen LogP contribution in [0.15, 0.2) is 70.7 Å². The molecule has 0 radical (unpaired) electrons. The zero-order valence-corrected chi connectivity index (χ0v) is 13.0. The molecule has 0 aliphatic heterocycles. The van der Waals surface area contributed by atoms with Gasteiger partial charge in [-0.2, -0.15) is 0 Å². The highest BCUT2D eigenvalue weighted by atomic mass is 32.2. The number of hydrogen-bond donors (Lipinski definition) is 1. The molecule has 108 valence electrons. The molecule has 21 heavy (non-hydrogen) atoms. The van der Waals surface area contributed by atoms with Gasteiger partial charge in [0.1, 0.15) is 0 Å². The minimum absolute atomic E-state index is 0.0471. The van der Waals surface area contributed by atoms with E-state index in [1.54, 1.807) is 11.8 Å². The van der Waals surface area contributed by atoms with Gasteiger partial charge in [-0.3, -0.25) is 0 Å². The summed E-state index contributed by atoms with van der Waals surface area (Å²) >= 11 is 1.72. The monoisotopic (exact) mass is 297 g/mol. The molecule has 2 rings (SSSR count). The fraction of sp³-hybridized carbons (Fsp3) is 0.167. The summed E-state index contributed by atoms with van der Waals surface area (Å²) in [4.78, 5) is 1.23. The van der Waals surface area contributed by atoms with Gasteiger partial charge in [0, 0.05) is 10.8 Å². The molecule has 3 heteroatoms. The molecule has 2 nitrogen and oxygen atoms in total. The lowest BCUT2D eigenvalue weighted by atomic mass is 9.95. The van der Waals surface area contributed by atoms with Crippen LogP contribution >= 0.6 is 11.8 Å². The highest BCUT2D eigenvalue weighted by Gasteiger charge is 2.11. The minimum Gasteiger partial charge on any atom is -0.411 e. The standard InChI is InChI=1S/C18H19NOS/c1-14(16-9-11-17(21-2)12-10-16)18(19-20)13-8-15-6-4-3-5-7-15/h3-14,20H,1-2H3/b13-8+,19-18+. The van der Waals surface area contributed by atoms with Gasteiger partial charge in [0.2, 0.25) is 0 Å². The molecule has 1 unspecified atom stereocenters. The number of rotatable bonds is 5. The molecule has 0 aliphatic rings. The number of thioether (sulfide) groups is 1. The molecular weight excluding hydrogens is 278 g/mol. The van der Waals surface area contributed by atoms with E-state index in [0.717, 1.165) is 11.1 Å². The number of benzene rings is 2. The van der Waals surface area contributed by atoms with Crippen molar-refractivity contribution >= 4 is 23.5 Å². The van der Waals surface area contributed by atoms with Gasteiger partial charge < -0.3 is 5.21 Å². The summed E-state index contributed by atoms with van der Waals surface area (Å²) in [5, 5.41) is 12.7. The van der Waals surface area contributed by atoms with Crippen LogP contribution < -0.4 is 0 Å². The van der Waals surface area contributed by atoms with Crippen LogP contribution in [-0.2, 0) is 0 Å². The molecule has 0 amide bonds. The molecule has 1 atom stereocenters. The van der Waals surface area contributed by atoms with Crippen molar-refractivity contribution in [3.63, 3.8) is 0 Å². The number of nitrogens with zero attached hydrogens (tertiary/aromatic N) is 1. The first-order chi connectivity index (χ1) is 10.2. The van der Waals surface area contributed by atoms with Crippen molar-refractivity contribution in [1.82, 2.24) is 0 Å². The van der Waals surface area contributed by atoms with E-state index in [9.17, 15) is 5.21 Å². The predicted octanol–water partition coefficient (Wildman–Crippen LogP) is 5.06. The summed E-state index contributed by atoms with van der Waals surface area (Å²) in [5.74, 6) is 0.0471. The van der Waals surface area contributed by atoms with Crippen molar-refractivity contribution in [2.24, 2.45) is 5.16 Å². The van der Waals surface area contributed by atoms with Gasteiger partial charge in [-0.05, 0) is 35.6 Å². The van der Waals surface area contributed by atoms with Crippen molar-refractivity contribution < 1.29 is 5.21 Å². The Balaban J connectivity index is 2.15. The van der Waals surface area contributed by atoms with E-state index in [1.807, 2.05) is 49.4 Å². The molecule has 0 spiro atoms. The van der Waals surface area contributed by atoms with E-state index in [-0.39, 0.29) is 5.92 Å². The zero-order chi connectivity index (χ0) is 15.1. The van der Waals surface area contributed by atoms with Gasteiger partial charge in [0.05, 0.1) is 5.71 Å². The van der Waals surface area contributed by atoms with Crippen LogP contribution in [0.3, 0.4) is 0 Å². The molecule has 1 N–H and O–H groups in total. The number of hydrogen-bond acceptors (Lipinski definition) is 3. The Kier molecular flexibility index (Phi) is 5.64. The molecule has 2 aromatic carbocycles. The lowest BCUT2D eigenvalue weighted by Crippen LogP contribution is -2.06. The van der Waals surface area contributed by atoms with Gasteiger partial charge in [0.15, 0.2) is 0 Å². The molecule has 2 aromatic rings. The average Bonchev–Trinajstić information content (AvgIpc) is 2.56. The van der Waals surface area contributed by atoms with E-state index in [4.69, 9.17) is 0 Å². The third kappa shape index (κ3) is 4.23. The maximum Gasteiger partial charge on any atom is 0.0867 e. The molecule has 0 aliphatic carbocycles. The molecule has 0 heterocycles. The Morgan fingerprint density at radius 1 is 1.10 bits per heavy atom.